The van der Waals surface area contributed by atoms with Crippen LogP contribution in [0, 0.1) is 24.2 Å². The molecule has 0 aliphatic carbocycles. The second-order valence-corrected chi connectivity index (χ2v) is 2.13. The minimum atomic E-state index is 0.751. The molecule has 0 aliphatic rings. The molecular weight excluding hydrogens is 120 g/mol. The van der Waals surface area contributed by atoms with Gasteiger partial charge in [0, 0.05) is 19.3 Å². The van der Waals surface area contributed by atoms with Crippen molar-refractivity contribution in [2.75, 3.05) is 0 Å². The first-order chi connectivity index (χ1) is 4.91. The van der Waals surface area contributed by atoms with E-state index in [4.69, 9.17) is 6.42 Å². The van der Waals surface area contributed by atoms with Gasteiger partial charge in [0.1, 0.15) is 0 Å². The molecule has 0 unspecified atom stereocenters. The molecule has 0 atom stereocenters. The fourth-order valence-corrected chi connectivity index (χ4v) is 0.567. The third kappa shape index (κ3) is 7.12. The molecule has 53 valence electrons. The molecule has 0 aliphatic heterocycles. The van der Waals surface area contributed by atoms with Crippen LogP contribution >= 0.6 is 0 Å². The minimum absolute atomic E-state index is 0.751. The van der Waals surface area contributed by atoms with Crippen LogP contribution < -0.4 is 0 Å². The summed E-state index contributed by atoms with van der Waals surface area (Å²) in [6, 6.07) is 0. The summed E-state index contributed by atoms with van der Waals surface area (Å²) in [5.74, 6) is 8.44. The van der Waals surface area contributed by atoms with Crippen LogP contribution in [0.5, 0.6) is 0 Å². The van der Waals surface area contributed by atoms with Gasteiger partial charge in [-0.1, -0.05) is 12.8 Å². The highest BCUT2D eigenvalue weighted by molar-refractivity contribution is 4.98. The Morgan fingerprint density at radius 3 is 2.40 bits per heavy atom. The lowest BCUT2D eigenvalue weighted by Gasteiger charge is -1.82. The largest absolute Gasteiger partial charge is 0.103 e. The van der Waals surface area contributed by atoms with E-state index >= 15 is 0 Å². The first-order valence-electron chi connectivity index (χ1n) is 3.77. The van der Waals surface area contributed by atoms with Gasteiger partial charge >= 0.3 is 0 Å². The number of hydrogen-bond donors (Lipinski definition) is 0. The summed E-state index contributed by atoms with van der Waals surface area (Å²) in [4.78, 5) is 0. The summed E-state index contributed by atoms with van der Waals surface area (Å²) < 4.78 is 0. The molecule has 0 saturated heterocycles. The molecule has 0 saturated carbocycles. The molecule has 0 spiro atoms. The number of hydrogen-bond acceptors (Lipinski definition) is 0. The molecule has 0 nitrogen and oxygen atoms in total. The van der Waals surface area contributed by atoms with Gasteiger partial charge in [0.05, 0.1) is 0 Å². The predicted octanol–water partition coefficient (Wildman–Crippen LogP) is 2.55. The Balaban J connectivity index is 3.05. The van der Waals surface area contributed by atoms with Gasteiger partial charge in [0.2, 0.25) is 0 Å². The second kappa shape index (κ2) is 8.12. The van der Waals surface area contributed by atoms with Crippen molar-refractivity contribution in [3.8, 4) is 17.8 Å². The summed E-state index contributed by atoms with van der Waals surface area (Å²) >= 11 is 0. The van der Waals surface area contributed by atoms with E-state index in [1.807, 2.05) is 0 Å². The van der Waals surface area contributed by atoms with Gasteiger partial charge in [-0.25, -0.2) is 0 Å². The van der Waals surface area contributed by atoms with Crippen molar-refractivity contribution >= 4 is 0 Å². The van der Waals surface area contributed by atoms with Gasteiger partial charge in [-0.05, 0) is 19.3 Å². The van der Waals surface area contributed by atoms with Crippen LogP contribution in [-0.4, -0.2) is 0 Å². The first kappa shape index (κ1) is 9.12. The Hall–Kier alpha value is -0.880. The van der Waals surface area contributed by atoms with Crippen molar-refractivity contribution in [3.63, 3.8) is 0 Å². The van der Waals surface area contributed by atoms with Crippen molar-refractivity contribution < 1.29 is 0 Å². The maximum atomic E-state index is 6.62. The van der Waals surface area contributed by atoms with Gasteiger partial charge in [-0.15, -0.1) is 11.8 Å². The monoisotopic (exact) mass is 133 g/mol. The SMILES string of the molecule is [C]#CCCCC#CCCC. The zero-order valence-electron chi connectivity index (χ0n) is 6.54. The van der Waals surface area contributed by atoms with E-state index in [2.05, 4.69) is 24.7 Å². The molecule has 10 heavy (non-hydrogen) atoms. The summed E-state index contributed by atoms with van der Waals surface area (Å²) in [7, 11) is 0. The molecule has 1 radical (unpaired) electrons. The average Bonchev–Trinajstić information content (AvgIpc) is 1.97. The quantitative estimate of drug-likeness (QED) is 0.410. The standard InChI is InChI=1S/C10H13/c1-3-5-7-9-10-8-6-4-2/h3,5-6,8,10H2,1H3. The van der Waals surface area contributed by atoms with Crippen LogP contribution in [0.15, 0.2) is 0 Å². The normalized spacial score (nSPS) is 7.60. The van der Waals surface area contributed by atoms with Gasteiger partial charge < -0.3 is 0 Å². The first-order valence-corrected chi connectivity index (χ1v) is 3.77. The molecule has 0 aromatic rings. The van der Waals surface area contributed by atoms with E-state index in [1.165, 1.54) is 0 Å². The Morgan fingerprint density at radius 2 is 1.80 bits per heavy atom. The van der Waals surface area contributed by atoms with Gasteiger partial charge in [-0.3, -0.25) is 0 Å². The third-order valence-electron chi connectivity index (χ3n) is 1.10. The highest BCUT2D eigenvalue weighted by Gasteiger charge is 1.77. The second-order valence-electron chi connectivity index (χ2n) is 2.13. The summed E-state index contributed by atoms with van der Waals surface area (Å²) in [6.07, 6.45) is 11.4. The van der Waals surface area contributed by atoms with E-state index in [0.717, 1.165) is 32.1 Å². The zero-order chi connectivity index (χ0) is 7.66. The van der Waals surface area contributed by atoms with E-state index < -0.39 is 0 Å². The Labute approximate surface area is 64.0 Å². The van der Waals surface area contributed by atoms with E-state index in [9.17, 15) is 0 Å². The molecule has 0 heteroatoms. The summed E-state index contributed by atoms with van der Waals surface area (Å²) in [5.41, 5.74) is 0. The summed E-state index contributed by atoms with van der Waals surface area (Å²) in [5, 5.41) is 0. The Bertz CT molecular complexity index is 149. The topological polar surface area (TPSA) is 0 Å². The molecule has 0 rings (SSSR count). The summed E-state index contributed by atoms with van der Waals surface area (Å²) in [6.45, 7) is 2.13. The van der Waals surface area contributed by atoms with Crippen molar-refractivity contribution in [1.82, 2.24) is 0 Å². The van der Waals surface area contributed by atoms with Gasteiger partial charge in [-0.2, -0.15) is 0 Å². The minimum Gasteiger partial charge on any atom is -0.103 e. The van der Waals surface area contributed by atoms with Crippen LogP contribution in [0.1, 0.15) is 39.0 Å². The lowest BCUT2D eigenvalue weighted by atomic mass is 10.2. The molecule has 0 heterocycles. The fraction of sp³-hybridized carbons (Fsp3) is 0.600. The lowest BCUT2D eigenvalue weighted by Crippen LogP contribution is -1.69. The van der Waals surface area contributed by atoms with Crippen LogP contribution in [-0.2, 0) is 0 Å². The molecule has 0 fully saturated rings. The van der Waals surface area contributed by atoms with Crippen LogP contribution in [0.25, 0.3) is 0 Å². The van der Waals surface area contributed by atoms with E-state index in [-0.39, 0.29) is 0 Å². The zero-order valence-corrected chi connectivity index (χ0v) is 6.54. The number of rotatable bonds is 3. The molecule has 0 aromatic heterocycles. The maximum Gasteiger partial charge on any atom is 0.0108 e. The fourth-order valence-electron chi connectivity index (χ4n) is 0.567. The van der Waals surface area contributed by atoms with E-state index in [0.29, 0.717) is 0 Å². The third-order valence-corrected chi connectivity index (χ3v) is 1.10. The maximum absolute atomic E-state index is 6.62. The van der Waals surface area contributed by atoms with Gasteiger partial charge in [0.25, 0.3) is 0 Å². The molecule has 0 aromatic carbocycles. The molecule has 0 bridgehead atoms. The van der Waals surface area contributed by atoms with Gasteiger partial charge in [0.15, 0.2) is 0 Å². The van der Waals surface area contributed by atoms with Crippen molar-refractivity contribution in [2.45, 2.75) is 39.0 Å². The Morgan fingerprint density at radius 1 is 1.10 bits per heavy atom. The molecule has 0 N–H and O–H groups in total. The molecule has 0 amide bonds. The molecular formula is C10H13. The van der Waals surface area contributed by atoms with Crippen LogP contribution in [0.2, 0.25) is 0 Å². The lowest BCUT2D eigenvalue weighted by molar-refractivity contribution is 0.899. The van der Waals surface area contributed by atoms with Crippen molar-refractivity contribution in [2.24, 2.45) is 0 Å². The highest BCUT2D eigenvalue weighted by Crippen LogP contribution is 1.91. The Kier molecular flexibility index (Phi) is 7.41. The van der Waals surface area contributed by atoms with Crippen molar-refractivity contribution in [1.29, 1.82) is 0 Å². The highest BCUT2D eigenvalue weighted by atomic mass is 13.8. The van der Waals surface area contributed by atoms with E-state index in [1.54, 1.807) is 0 Å². The average molecular weight is 133 g/mol. The smallest absolute Gasteiger partial charge is 0.0108 e. The van der Waals surface area contributed by atoms with Crippen LogP contribution in [0.3, 0.4) is 0 Å². The number of unbranched alkanes of at least 4 members (excludes halogenated alkanes) is 3. The van der Waals surface area contributed by atoms with Crippen molar-refractivity contribution in [3.05, 3.63) is 6.42 Å². The predicted molar refractivity (Wildman–Crippen MR) is 43.7 cm³/mol. The van der Waals surface area contributed by atoms with Crippen LogP contribution in [0.4, 0.5) is 0 Å².